The molecule has 0 spiro atoms. The Hall–Kier alpha value is -1.93. The van der Waals surface area contributed by atoms with Crippen molar-refractivity contribution < 1.29 is 14.1 Å². The maximum Gasteiger partial charge on any atom is 0.276 e. The van der Waals surface area contributed by atoms with Gasteiger partial charge in [-0.3, -0.25) is 9.59 Å². The summed E-state index contributed by atoms with van der Waals surface area (Å²) in [6.07, 6.45) is 3.56. The van der Waals surface area contributed by atoms with E-state index in [1.54, 1.807) is 19.0 Å². The van der Waals surface area contributed by atoms with E-state index in [1.807, 2.05) is 30.8 Å². The highest BCUT2D eigenvalue weighted by atomic mass is 16.5. The molecule has 3 rings (SSSR count). The standard InChI is InChI=1S/C21H35N5O3/c1-14-17(13-24(2)3)20(23-29-14)21(28)26-11-15-9-16(12-26)18(22-10-15)7-6-8-19(27)25(4)5/h15-16,18,22H,6-13H2,1-5H3/t15-,16+,18+/m0/s1. The third-order valence-electron chi connectivity index (χ3n) is 6.16. The number of aryl methyl sites for hydroxylation is 1. The van der Waals surface area contributed by atoms with Crippen LogP contribution < -0.4 is 5.32 Å². The van der Waals surface area contributed by atoms with Crippen LogP contribution in [0.4, 0.5) is 0 Å². The lowest BCUT2D eigenvalue weighted by Gasteiger charge is -2.46. The molecule has 8 nitrogen and oxygen atoms in total. The lowest BCUT2D eigenvalue weighted by atomic mass is 9.79. The van der Waals surface area contributed by atoms with E-state index in [9.17, 15) is 9.59 Å². The minimum Gasteiger partial charge on any atom is -0.361 e. The molecule has 1 N–H and O–H groups in total. The van der Waals surface area contributed by atoms with Gasteiger partial charge in [-0.15, -0.1) is 0 Å². The van der Waals surface area contributed by atoms with Crippen LogP contribution in [0.5, 0.6) is 0 Å². The van der Waals surface area contributed by atoms with E-state index in [4.69, 9.17) is 4.52 Å². The van der Waals surface area contributed by atoms with E-state index in [-0.39, 0.29) is 11.8 Å². The Labute approximate surface area is 173 Å². The molecule has 29 heavy (non-hydrogen) atoms. The molecular weight excluding hydrogens is 370 g/mol. The molecule has 2 amide bonds. The summed E-state index contributed by atoms with van der Waals surface area (Å²) in [5.74, 6) is 1.77. The number of nitrogens with zero attached hydrogens (tertiary/aromatic N) is 4. The van der Waals surface area contributed by atoms with Crippen molar-refractivity contribution in [3.63, 3.8) is 0 Å². The monoisotopic (exact) mass is 405 g/mol. The van der Waals surface area contributed by atoms with Crippen molar-refractivity contribution in [2.75, 3.05) is 47.8 Å². The molecule has 162 valence electrons. The average molecular weight is 406 g/mol. The maximum absolute atomic E-state index is 13.2. The van der Waals surface area contributed by atoms with E-state index in [0.717, 1.165) is 44.5 Å². The van der Waals surface area contributed by atoms with Crippen LogP contribution in [-0.4, -0.2) is 85.5 Å². The van der Waals surface area contributed by atoms with Crippen LogP contribution in [0.1, 0.15) is 47.5 Å². The first-order chi connectivity index (χ1) is 13.8. The van der Waals surface area contributed by atoms with Crippen LogP contribution in [0.15, 0.2) is 4.52 Å². The number of carbonyl (C=O) groups is 2. The van der Waals surface area contributed by atoms with Crippen molar-refractivity contribution in [3.05, 3.63) is 17.0 Å². The van der Waals surface area contributed by atoms with Gasteiger partial charge in [-0.1, -0.05) is 5.16 Å². The Morgan fingerprint density at radius 1 is 1.24 bits per heavy atom. The molecule has 0 unspecified atom stereocenters. The summed E-state index contributed by atoms with van der Waals surface area (Å²) >= 11 is 0. The highest BCUT2D eigenvalue weighted by molar-refractivity contribution is 5.94. The maximum atomic E-state index is 13.2. The Morgan fingerprint density at radius 3 is 2.69 bits per heavy atom. The summed E-state index contributed by atoms with van der Waals surface area (Å²) in [4.78, 5) is 30.7. The summed E-state index contributed by atoms with van der Waals surface area (Å²) in [6.45, 7) is 4.93. The minimum atomic E-state index is -0.0168. The van der Waals surface area contributed by atoms with Gasteiger partial charge in [0, 0.05) is 51.8 Å². The number of likely N-dealkylation sites (tertiary alicyclic amines) is 1. The third kappa shape index (κ3) is 5.17. The van der Waals surface area contributed by atoms with Gasteiger partial charge in [-0.2, -0.15) is 0 Å². The Kier molecular flexibility index (Phi) is 6.95. The highest BCUT2D eigenvalue weighted by Crippen LogP contribution is 2.31. The van der Waals surface area contributed by atoms with Gasteiger partial charge < -0.3 is 24.5 Å². The van der Waals surface area contributed by atoms with Crippen molar-refractivity contribution in [3.8, 4) is 0 Å². The van der Waals surface area contributed by atoms with Crippen LogP contribution in [0.25, 0.3) is 0 Å². The second-order valence-corrected chi connectivity index (χ2v) is 9.07. The molecule has 3 atom stereocenters. The normalized spacial score (nSPS) is 24.1. The minimum absolute atomic E-state index is 0.0168. The second kappa shape index (κ2) is 9.26. The zero-order valence-corrected chi connectivity index (χ0v) is 18.4. The molecule has 2 aliphatic heterocycles. The molecule has 1 aromatic rings. The van der Waals surface area contributed by atoms with Gasteiger partial charge in [-0.25, -0.2) is 0 Å². The number of carbonyl (C=O) groups excluding carboxylic acids is 2. The van der Waals surface area contributed by atoms with Gasteiger partial charge in [0.05, 0.1) is 0 Å². The molecule has 0 aliphatic carbocycles. The highest BCUT2D eigenvalue weighted by Gasteiger charge is 2.39. The van der Waals surface area contributed by atoms with Crippen molar-refractivity contribution in [1.29, 1.82) is 0 Å². The van der Waals surface area contributed by atoms with Gasteiger partial charge in [0.2, 0.25) is 5.91 Å². The van der Waals surface area contributed by atoms with Crippen LogP contribution >= 0.6 is 0 Å². The van der Waals surface area contributed by atoms with E-state index in [2.05, 4.69) is 10.5 Å². The van der Waals surface area contributed by atoms with Crippen molar-refractivity contribution in [2.24, 2.45) is 11.8 Å². The zero-order chi connectivity index (χ0) is 21.1. The first-order valence-electron chi connectivity index (χ1n) is 10.6. The summed E-state index contributed by atoms with van der Waals surface area (Å²) < 4.78 is 5.35. The Bertz CT molecular complexity index is 730. The molecule has 3 heterocycles. The number of hydrogen-bond acceptors (Lipinski definition) is 6. The first-order valence-corrected chi connectivity index (χ1v) is 10.6. The number of amides is 2. The predicted molar refractivity (Wildman–Crippen MR) is 110 cm³/mol. The topological polar surface area (TPSA) is 81.9 Å². The molecule has 1 aromatic heterocycles. The molecule has 2 bridgehead atoms. The number of fused-ring (bicyclic) bond motifs is 2. The smallest absolute Gasteiger partial charge is 0.276 e. The molecule has 0 radical (unpaired) electrons. The first kappa shape index (κ1) is 21.8. The van der Waals surface area contributed by atoms with Gasteiger partial charge >= 0.3 is 0 Å². The molecule has 8 heteroatoms. The molecule has 0 aromatic carbocycles. The SMILES string of the molecule is Cc1onc(C(=O)N2C[C@@H]3CN[C@H](CCCC(=O)N(C)C)[C@H](C3)C2)c1CN(C)C. The fraction of sp³-hybridized carbons (Fsp3) is 0.762. The number of piperidine rings is 2. The van der Waals surface area contributed by atoms with Crippen LogP contribution in [0.2, 0.25) is 0 Å². The zero-order valence-electron chi connectivity index (χ0n) is 18.4. The predicted octanol–water partition coefficient (Wildman–Crippen LogP) is 1.35. The van der Waals surface area contributed by atoms with E-state index in [0.29, 0.717) is 42.3 Å². The van der Waals surface area contributed by atoms with Crippen LogP contribution in [0, 0.1) is 18.8 Å². The number of hydrogen-bond donors (Lipinski definition) is 1. The Balaban J connectivity index is 1.63. The van der Waals surface area contributed by atoms with E-state index >= 15 is 0 Å². The summed E-state index contributed by atoms with van der Waals surface area (Å²) in [5.41, 5.74) is 1.34. The summed E-state index contributed by atoms with van der Waals surface area (Å²) in [7, 11) is 7.55. The molecule has 0 saturated carbocycles. The van der Waals surface area contributed by atoms with Crippen molar-refractivity contribution in [1.82, 2.24) is 25.2 Å². The van der Waals surface area contributed by atoms with E-state index < -0.39 is 0 Å². The number of nitrogens with one attached hydrogen (secondary N) is 1. The second-order valence-electron chi connectivity index (χ2n) is 9.07. The van der Waals surface area contributed by atoms with Crippen LogP contribution in [0.3, 0.4) is 0 Å². The largest absolute Gasteiger partial charge is 0.361 e. The number of aromatic nitrogens is 1. The molecule has 2 fully saturated rings. The van der Waals surface area contributed by atoms with Crippen LogP contribution in [-0.2, 0) is 11.3 Å². The fourth-order valence-corrected chi connectivity index (χ4v) is 4.58. The Morgan fingerprint density at radius 2 is 2.00 bits per heavy atom. The molecular formula is C21H35N5O3. The number of rotatable bonds is 7. The van der Waals surface area contributed by atoms with Crippen molar-refractivity contribution >= 4 is 11.8 Å². The molecule has 2 aliphatic rings. The van der Waals surface area contributed by atoms with Gasteiger partial charge in [-0.05, 0) is 58.7 Å². The van der Waals surface area contributed by atoms with Gasteiger partial charge in [0.15, 0.2) is 5.69 Å². The summed E-state index contributed by atoms with van der Waals surface area (Å²) in [6, 6.07) is 0.358. The van der Waals surface area contributed by atoms with Gasteiger partial charge in [0.25, 0.3) is 5.91 Å². The fourth-order valence-electron chi connectivity index (χ4n) is 4.58. The quantitative estimate of drug-likeness (QED) is 0.738. The third-order valence-corrected chi connectivity index (χ3v) is 6.16. The lowest BCUT2D eigenvalue weighted by molar-refractivity contribution is -0.128. The van der Waals surface area contributed by atoms with Gasteiger partial charge in [0.1, 0.15) is 5.76 Å². The van der Waals surface area contributed by atoms with E-state index in [1.165, 1.54) is 0 Å². The lowest BCUT2D eigenvalue weighted by Crippen LogP contribution is -2.57. The summed E-state index contributed by atoms with van der Waals surface area (Å²) in [5, 5.41) is 7.75. The molecule has 2 saturated heterocycles. The average Bonchev–Trinajstić information content (AvgIpc) is 3.02. The van der Waals surface area contributed by atoms with Crippen molar-refractivity contribution in [2.45, 2.75) is 45.2 Å².